The van der Waals surface area contributed by atoms with Gasteiger partial charge in [-0.25, -0.2) is 4.79 Å². The molecule has 1 rings (SSSR count). The van der Waals surface area contributed by atoms with Crippen LogP contribution in [0.4, 0.5) is 0 Å². The van der Waals surface area contributed by atoms with E-state index in [0.717, 1.165) is 19.4 Å². The number of hydrogen-bond acceptors (Lipinski definition) is 6. The Morgan fingerprint density at radius 1 is 1.35 bits per heavy atom. The molecule has 0 spiro atoms. The molecule has 0 saturated carbocycles. The molecule has 0 bridgehead atoms. The summed E-state index contributed by atoms with van der Waals surface area (Å²) in [7, 11) is 0. The maximum absolute atomic E-state index is 11.8. The van der Waals surface area contributed by atoms with Crippen molar-refractivity contribution in [3.05, 3.63) is 0 Å². The van der Waals surface area contributed by atoms with Gasteiger partial charge in [-0.1, -0.05) is 6.92 Å². The van der Waals surface area contributed by atoms with Crippen molar-refractivity contribution in [1.29, 1.82) is 0 Å². The molecule has 0 aromatic heterocycles. The molecule has 3 amide bonds. The van der Waals surface area contributed by atoms with E-state index in [1.165, 1.54) is 0 Å². The third kappa shape index (κ3) is 7.09. The van der Waals surface area contributed by atoms with Crippen molar-refractivity contribution in [1.82, 2.24) is 16.0 Å². The molecule has 0 aromatic carbocycles. The molecule has 0 radical (unpaired) electrons. The number of primary amides is 1. The lowest BCUT2D eigenvalue weighted by Gasteiger charge is -2.17. The molecular weight excluding hydrogens is 304 g/mol. The van der Waals surface area contributed by atoms with E-state index in [-0.39, 0.29) is 31.5 Å². The fourth-order valence-electron chi connectivity index (χ4n) is 2.14. The Balaban J connectivity index is 2.43. The van der Waals surface area contributed by atoms with E-state index in [0.29, 0.717) is 6.42 Å². The zero-order valence-corrected chi connectivity index (χ0v) is 13.2. The van der Waals surface area contributed by atoms with Crippen molar-refractivity contribution in [2.75, 3.05) is 19.7 Å². The number of esters is 1. The van der Waals surface area contributed by atoms with Crippen LogP contribution in [0.15, 0.2) is 0 Å². The van der Waals surface area contributed by atoms with Crippen molar-refractivity contribution in [2.45, 2.75) is 44.7 Å². The van der Waals surface area contributed by atoms with Crippen LogP contribution in [-0.4, -0.2) is 55.5 Å². The second-order valence-corrected chi connectivity index (χ2v) is 5.32. The minimum Gasteiger partial charge on any atom is -0.464 e. The zero-order valence-electron chi connectivity index (χ0n) is 13.2. The lowest BCUT2D eigenvalue weighted by atomic mass is 10.2. The standard InChI is InChI=1S/C14H24N4O5/c1-2-6-23-14(22)10(7-11(15)19)18-12(20)8-17-13(21)9-4-3-5-16-9/h9-10,16H,2-8H2,1H3,(H2,15,19)(H,17,21)(H,18,20)/t9-,10-/m0/s1. The van der Waals surface area contributed by atoms with Crippen molar-refractivity contribution < 1.29 is 23.9 Å². The number of nitrogens with one attached hydrogen (secondary N) is 3. The van der Waals surface area contributed by atoms with E-state index < -0.39 is 23.8 Å². The summed E-state index contributed by atoms with van der Waals surface area (Å²) in [5, 5.41) is 7.85. The first-order valence-corrected chi connectivity index (χ1v) is 7.69. The minimum absolute atomic E-state index is 0.189. The van der Waals surface area contributed by atoms with Gasteiger partial charge in [-0.15, -0.1) is 0 Å². The summed E-state index contributed by atoms with van der Waals surface area (Å²) in [6.07, 6.45) is 1.90. The van der Waals surface area contributed by atoms with Gasteiger partial charge in [-0.05, 0) is 25.8 Å². The number of carbonyl (C=O) groups excluding carboxylic acids is 4. The molecule has 1 fully saturated rings. The predicted molar refractivity (Wildman–Crippen MR) is 81.0 cm³/mol. The van der Waals surface area contributed by atoms with E-state index in [1.807, 2.05) is 6.92 Å². The first-order valence-electron chi connectivity index (χ1n) is 7.69. The molecule has 0 unspecified atom stereocenters. The topological polar surface area (TPSA) is 140 Å². The maximum Gasteiger partial charge on any atom is 0.329 e. The number of nitrogens with two attached hydrogens (primary N) is 1. The Morgan fingerprint density at radius 3 is 2.65 bits per heavy atom. The first-order chi connectivity index (χ1) is 10.9. The van der Waals surface area contributed by atoms with Gasteiger partial charge in [-0.2, -0.15) is 0 Å². The number of hydrogen-bond donors (Lipinski definition) is 4. The zero-order chi connectivity index (χ0) is 17.2. The van der Waals surface area contributed by atoms with Crippen molar-refractivity contribution in [2.24, 2.45) is 5.73 Å². The van der Waals surface area contributed by atoms with Crippen LogP contribution < -0.4 is 21.7 Å². The van der Waals surface area contributed by atoms with E-state index in [9.17, 15) is 19.2 Å². The molecule has 1 aliphatic rings. The van der Waals surface area contributed by atoms with E-state index in [4.69, 9.17) is 10.5 Å². The van der Waals surface area contributed by atoms with Gasteiger partial charge in [0.05, 0.1) is 25.6 Å². The Hall–Kier alpha value is -2.16. The molecule has 9 heteroatoms. The van der Waals surface area contributed by atoms with E-state index >= 15 is 0 Å². The van der Waals surface area contributed by atoms with Crippen LogP contribution in [0.2, 0.25) is 0 Å². The maximum atomic E-state index is 11.8. The van der Waals surface area contributed by atoms with Gasteiger partial charge in [0.15, 0.2) is 0 Å². The molecule has 1 aliphatic heterocycles. The highest BCUT2D eigenvalue weighted by molar-refractivity contribution is 5.91. The quantitative estimate of drug-likeness (QED) is 0.367. The fraction of sp³-hybridized carbons (Fsp3) is 0.714. The van der Waals surface area contributed by atoms with Gasteiger partial charge >= 0.3 is 5.97 Å². The molecular formula is C14H24N4O5. The van der Waals surface area contributed by atoms with Gasteiger partial charge in [0.25, 0.3) is 0 Å². The molecule has 130 valence electrons. The fourth-order valence-corrected chi connectivity index (χ4v) is 2.14. The molecule has 0 aliphatic carbocycles. The van der Waals surface area contributed by atoms with E-state index in [2.05, 4.69) is 16.0 Å². The highest BCUT2D eigenvalue weighted by Gasteiger charge is 2.26. The van der Waals surface area contributed by atoms with Crippen molar-refractivity contribution in [3.8, 4) is 0 Å². The lowest BCUT2D eigenvalue weighted by molar-refractivity contribution is -0.149. The van der Waals surface area contributed by atoms with Crippen LogP contribution in [0.3, 0.4) is 0 Å². The summed E-state index contributed by atoms with van der Waals surface area (Å²) in [4.78, 5) is 46.4. The first kappa shape index (κ1) is 18.9. The predicted octanol–water partition coefficient (Wildman–Crippen LogP) is -1.83. The molecule has 1 saturated heterocycles. The number of carbonyl (C=O) groups is 4. The summed E-state index contributed by atoms with van der Waals surface area (Å²) < 4.78 is 4.90. The van der Waals surface area contributed by atoms with Gasteiger partial charge in [0.1, 0.15) is 6.04 Å². The van der Waals surface area contributed by atoms with Crippen LogP contribution >= 0.6 is 0 Å². The number of amides is 3. The average Bonchev–Trinajstić information content (AvgIpc) is 3.03. The smallest absolute Gasteiger partial charge is 0.329 e. The lowest BCUT2D eigenvalue weighted by Crippen LogP contribution is -2.49. The third-order valence-corrected chi connectivity index (χ3v) is 3.27. The molecule has 9 nitrogen and oxygen atoms in total. The highest BCUT2D eigenvalue weighted by atomic mass is 16.5. The average molecular weight is 328 g/mol. The van der Waals surface area contributed by atoms with Gasteiger partial charge in [0.2, 0.25) is 17.7 Å². The SMILES string of the molecule is CCCOC(=O)[C@H](CC(N)=O)NC(=O)CNC(=O)[C@@H]1CCCN1. The van der Waals surface area contributed by atoms with Gasteiger partial charge in [-0.3, -0.25) is 14.4 Å². The molecule has 1 heterocycles. The number of rotatable bonds is 9. The number of ether oxygens (including phenoxy) is 1. The summed E-state index contributed by atoms with van der Waals surface area (Å²) in [5.41, 5.74) is 5.06. The van der Waals surface area contributed by atoms with Crippen LogP contribution in [-0.2, 0) is 23.9 Å². The van der Waals surface area contributed by atoms with Crippen LogP contribution in [0.5, 0.6) is 0 Å². The van der Waals surface area contributed by atoms with Crippen molar-refractivity contribution in [3.63, 3.8) is 0 Å². The monoisotopic (exact) mass is 328 g/mol. The van der Waals surface area contributed by atoms with Crippen LogP contribution in [0.25, 0.3) is 0 Å². The minimum atomic E-state index is -1.15. The second kappa shape index (κ2) is 9.78. The molecule has 23 heavy (non-hydrogen) atoms. The summed E-state index contributed by atoms with van der Waals surface area (Å²) in [5.74, 6) is -2.31. The second-order valence-electron chi connectivity index (χ2n) is 5.32. The van der Waals surface area contributed by atoms with Crippen molar-refractivity contribution >= 4 is 23.7 Å². The Morgan fingerprint density at radius 2 is 2.09 bits per heavy atom. The van der Waals surface area contributed by atoms with Gasteiger partial charge in [0, 0.05) is 0 Å². The summed E-state index contributed by atoms with van der Waals surface area (Å²) in [6, 6.07) is -1.44. The third-order valence-electron chi connectivity index (χ3n) is 3.27. The summed E-state index contributed by atoms with van der Waals surface area (Å²) in [6.45, 7) is 2.50. The van der Waals surface area contributed by atoms with E-state index in [1.54, 1.807) is 0 Å². The normalized spacial score (nSPS) is 18.0. The Kier molecular flexibility index (Phi) is 8.03. The Labute approximate surface area is 134 Å². The van der Waals surface area contributed by atoms with Gasteiger partial charge < -0.3 is 26.4 Å². The Bertz CT molecular complexity index is 448. The highest BCUT2D eigenvalue weighted by Crippen LogP contribution is 2.04. The van der Waals surface area contributed by atoms with Crippen LogP contribution in [0, 0.1) is 0 Å². The molecule has 2 atom stereocenters. The largest absolute Gasteiger partial charge is 0.464 e. The van der Waals surface area contributed by atoms with Crippen LogP contribution in [0.1, 0.15) is 32.6 Å². The molecule has 0 aromatic rings. The molecule has 5 N–H and O–H groups in total. The summed E-state index contributed by atoms with van der Waals surface area (Å²) >= 11 is 0.